The average molecular weight is 193 g/mol. The van der Waals surface area contributed by atoms with Gasteiger partial charge in [-0.2, -0.15) is 0 Å². The van der Waals surface area contributed by atoms with E-state index in [4.69, 9.17) is 5.11 Å². The Kier molecular flexibility index (Phi) is 1.65. The van der Waals surface area contributed by atoms with Gasteiger partial charge in [0.25, 0.3) is 0 Å². The van der Waals surface area contributed by atoms with Gasteiger partial charge in [-0.1, -0.05) is 15.9 Å². The predicted molar refractivity (Wildman–Crippen MR) is 37.6 cm³/mol. The summed E-state index contributed by atoms with van der Waals surface area (Å²) in [6.07, 6.45) is 1.03. The zero-order chi connectivity index (χ0) is 7.07. The van der Waals surface area contributed by atoms with E-state index in [0.29, 0.717) is 0 Å². The van der Waals surface area contributed by atoms with Gasteiger partial charge in [0, 0.05) is 0 Å². The van der Waals surface area contributed by atoms with Crippen LogP contribution in [0.2, 0.25) is 0 Å². The van der Waals surface area contributed by atoms with Gasteiger partial charge in [0.2, 0.25) is 0 Å². The van der Waals surface area contributed by atoms with Gasteiger partial charge in [-0.3, -0.25) is 4.79 Å². The second-order valence-corrected chi connectivity index (χ2v) is 4.13. The first kappa shape index (κ1) is 7.22. The minimum atomic E-state index is -0.794. The quantitative estimate of drug-likeness (QED) is 0.660. The SMILES string of the molecule is CC(=O)C(O)C1(Br)CC1. The monoisotopic (exact) mass is 192 g/mol. The van der Waals surface area contributed by atoms with Crippen LogP contribution in [0.4, 0.5) is 0 Å². The van der Waals surface area contributed by atoms with E-state index in [1.165, 1.54) is 6.92 Å². The molecule has 1 saturated carbocycles. The van der Waals surface area contributed by atoms with Crippen LogP contribution in [0.3, 0.4) is 0 Å². The molecule has 0 heterocycles. The summed E-state index contributed by atoms with van der Waals surface area (Å²) in [6, 6.07) is 0. The van der Waals surface area contributed by atoms with Gasteiger partial charge in [-0.25, -0.2) is 0 Å². The van der Waals surface area contributed by atoms with Crippen molar-refractivity contribution in [1.29, 1.82) is 0 Å². The van der Waals surface area contributed by atoms with Crippen LogP contribution in [0, 0.1) is 0 Å². The fourth-order valence-electron chi connectivity index (χ4n) is 0.757. The van der Waals surface area contributed by atoms with E-state index < -0.39 is 6.10 Å². The Morgan fingerprint density at radius 1 is 1.78 bits per heavy atom. The third kappa shape index (κ3) is 1.33. The van der Waals surface area contributed by atoms with Gasteiger partial charge < -0.3 is 5.11 Å². The van der Waals surface area contributed by atoms with Crippen LogP contribution in [-0.4, -0.2) is 21.3 Å². The number of carbonyl (C=O) groups excluding carboxylic acids is 1. The zero-order valence-corrected chi connectivity index (χ0v) is 6.81. The second kappa shape index (κ2) is 2.06. The molecule has 1 N–H and O–H groups in total. The maximum Gasteiger partial charge on any atom is 0.159 e. The molecule has 1 aliphatic carbocycles. The van der Waals surface area contributed by atoms with E-state index in [9.17, 15) is 4.79 Å². The number of aliphatic hydroxyl groups is 1. The van der Waals surface area contributed by atoms with E-state index in [0.717, 1.165) is 12.8 Å². The summed E-state index contributed by atoms with van der Waals surface area (Å²) in [4.78, 5) is 10.6. The van der Waals surface area contributed by atoms with Crippen molar-refractivity contribution >= 4 is 21.7 Å². The summed E-state index contributed by atoms with van der Waals surface area (Å²) < 4.78 is -0.251. The molecule has 0 aromatic rings. The van der Waals surface area contributed by atoms with Gasteiger partial charge in [0.1, 0.15) is 6.10 Å². The van der Waals surface area contributed by atoms with Crippen molar-refractivity contribution in [1.82, 2.24) is 0 Å². The van der Waals surface area contributed by atoms with E-state index >= 15 is 0 Å². The number of hydrogen-bond acceptors (Lipinski definition) is 2. The highest BCUT2D eigenvalue weighted by atomic mass is 79.9. The number of aliphatic hydroxyl groups excluding tert-OH is 1. The molecule has 0 spiro atoms. The first-order valence-corrected chi connectivity index (χ1v) is 3.73. The maximum absolute atomic E-state index is 10.6. The Morgan fingerprint density at radius 3 is 2.33 bits per heavy atom. The molecule has 9 heavy (non-hydrogen) atoms. The lowest BCUT2D eigenvalue weighted by Gasteiger charge is -2.10. The van der Waals surface area contributed by atoms with Crippen molar-refractivity contribution in [3.05, 3.63) is 0 Å². The molecule has 0 bridgehead atoms. The summed E-state index contributed by atoms with van der Waals surface area (Å²) >= 11 is 3.28. The lowest BCUT2D eigenvalue weighted by Crippen LogP contribution is -2.29. The van der Waals surface area contributed by atoms with Gasteiger partial charge in [0.15, 0.2) is 5.78 Å². The molecule has 1 atom stereocenters. The minimum absolute atomic E-state index is 0.149. The van der Waals surface area contributed by atoms with Gasteiger partial charge in [-0.05, 0) is 19.8 Å². The topological polar surface area (TPSA) is 37.3 Å². The summed E-state index contributed by atoms with van der Waals surface area (Å²) in [7, 11) is 0. The number of halogens is 1. The molecule has 3 heteroatoms. The fourth-order valence-corrected chi connectivity index (χ4v) is 1.28. The van der Waals surface area contributed by atoms with Crippen LogP contribution in [0.25, 0.3) is 0 Å². The lowest BCUT2D eigenvalue weighted by molar-refractivity contribution is -0.125. The summed E-state index contributed by atoms with van der Waals surface area (Å²) in [5.74, 6) is -0.149. The van der Waals surface area contributed by atoms with Gasteiger partial charge in [0.05, 0.1) is 4.32 Å². The van der Waals surface area contributed by atoms with E-state index in [2.05, 4.69) is 15.9 Å². The lowest BCUT2D eigenvalue weighted by atomic mass is 10.2. The number of alkyl halides is 1. The highest BCUT2D eigenvalue weighted by molar-refractivity contribution is 9.10. The summed E-state index contributed by atoms with van der Waals surface area (Å²) in [5.41, 5.74) is 0. The maximum atomic E-state index is 10.6. The Balaban J connectivity index is 2.52. The molecular formula is C6H9BrO2. The smallest absolute Gasteiger partial charge is 0.159 e. The molecule has 1 rings (SSSR count). The van der Waals surface area contributed by atoms with Crippen LogP contribution in [0.15, 0.2) is 0 Å². The Hall–Kier alpha value is 0.110. The highest BCUT2D eigenvalue weighted by Gasteiger charge is 2.48. The normalized spacial score (nSPS) is 25.2. The Morgan fingerprint density at radius 2 is 2.22 bits per heavy atom. The van der Waals surface area contributed by atoms with Crippen molar-refractivity contribution in [2.45, 2.75) is 30.2 Å². The van der Waals surface area contributed by atoms with Crippen molar-refractivity contribution in [3.8, 4) is 0 Å². The van der Waals surface area contributed by atoms with Crippen LogP contribution in [0.1, 0.15) is 19.8 Å². The van der Waals surface area contributed by atoms with Crippen LogP contribution < -0.4 is 0 Å². The van der Waals surface area contributed by atoms with Crippen molar-refractivity contribution in [3.63, 3.8) is 0 Å². The zero-order valence-electron chi connectivity index (χ0n) is 5.22. The number of ketones is 1. The summed E-state index contributed by atoms with van der Waals surface area (Å²) in [6.45, 7) is 1.41. The van der Waals surface area contributed by atoms with Crippen molar-refractivity contribution < 1.29 is 9.90 Å². The molecule has 0 amide bonds. The van der Waals surface area contributed by atoms with E-state index in [1.54, 1.807) is 0 Å². The minimum Gasteiger partial charge on any atom is -0.384 e. The molecule has 0 saturated heterocycles. The first-order chi connectivity index (χ1) is 4.06. The molecule has 0 aromatic heterocycles. The van der Waals surface area contributed by atoms with Crippen LogP contribution in [-0.2, 0) is 4.79 Å². The molecule has 2 nitrogen and oxygen atoms in total. The number of carbonyl (C=O) groups is 1. The van der Waals surface area contributed by atoms with E-state index in [-0.39, 0.29) is 10.1 Å². The third-order valence-corrected chi connectivity index (χ3v) is 2.83. The molecule has 0 aromatic carbocycles. The molecule has 1 aliphatic rings. The summed E-state index contributed by atoms with van der Waals surface area (Å²) in [5, 5.41) is 9.13. The number of hydrogen-bond donors (Lipinski definition) is 1. The highest BCUT2D eigenvalue weighted by Crippen LogP contribution is 2.47. The molecule has 52 valence electrons. The number of rotatable bonds is 2. The fraction of sp³-hybridized carbons (Fsp3) is 0.833. The van der Waals surface area contributed by atoms with Crippen molar-refractivity contribution in [2.75, 3.05) is 0 Å². The molecule has 0 radical (unpaired) electrons. The average Bonchev–Trinajstić information content (AvgIpc) is 2.47. The van der Waals surface area contributed by atoms with Crippen LogP contribution >= 0.6 is 15.9 Å². The molecule has 1 unspecified atom stereocenters. The molecule has 1 fully saturated rings. The van der Waals surface area contributed by atoms with Crippen LogP contribution in [0.5, 0.6) is 0 Å². The standard InChI is InChI=1S/C6H9BrO2/c1-4(8)5(9)6(7)2-3-6/h5,9H,2-3H2,1H3. The first-order valence-electron chi connectivity index (χ1n) is 2.94. The van der Waals surface area contributed by atoms with Gasteiger partial charge in [-0.15, -0.1) is 0 Å². The largest absolute Gasteiger partial charge is 0.384 e. The van der Waals surface area contributed by atoms with Crippen molar-refractivity contribution in [2.24, 2.45) is 0 Å². The second-order valence-electron chi connectivity index (χ2n) is 2.55. The Bertz CT molecular complexity index is 140. The van der Waals surface area contributed by atoms with E-state index in [1.807, 2.05) is 0 Å². The van der Waals surface area contributed by atoms with Gasteiger partial charge >= 0.3 is 0 Å². The number of Topliss-reactive ketones (excluding diaryl/α,β-unsaturated/α-hetero) is 1. The molecule has 0 aliphatic heterocycles. The molecular weight excluding hydrogens is 184 g/mol. The predicted octanol–water partition coefficient (Wildman–Crippen LogP) is 0.864. The Labute approximate surface area is 62.4 Å². The third-order valence-electron chi connectivity index (χ3n) is 1.60.